The number of hydrogen-bond acceptors (Lipinski definition) is 14. The Balaban J connectivity index is 1.70. The van der Waals surface area contributed by atoms with Crippen molar-refractivity contribution >= 4 is 5.78 Å². The first kappa shape index (κ1) is 31.6. The molecule has 6 N–H and O–H groups in total. The van der Waals surface area contributed by atoms with Crippen molar-refractivity contribution < 1.29 is 68.6 Å². The van der Waals surface area contributed by atoms with E-state index in [1.807, 2.05) is 0 Å². The lowest BCUT2D eigenvalue weighted by atomic mass is 9.83. The SMILES string of the molecule is COc1cc(C(=O)C2COC(c3cc(OC)c(O)c(OC)c3)C2COC2OC(CO)C(O)C(O)C2O)cc(OC)c1O. The van der Waals surface area contributed by atoms with Crippen LogP contribution in [0.1, 0.15) is 22.0 Å². The predicted octanol–water partition coefficient (Wildman–Crippen LogP) is 0.135. The number of rotatable bonds is 11. The molecule has 14 nitrogen and oxygen atoms in total. The van der Waals surface area contributed by atoms with Gasteiger partial charge in [-0.25, -0.2) is 0 Å². The first-order chi connectivity index (χ1) is 20.1. The molecule has 0 bridgehead atoms. The zero-order chi connectivity index (χ0) is 30.7. The molecule has 2 aliphatic heterocycles. The summed E-state index contributed by atoms with van der Waals surface area (Å²) in [6.45, 7) is -0.955. The fraction of sp³-hybridized carbons (Fsp3) is 0.536. The Morgan fingerprint density at radius 1 is 0.833 bits per heavy atom. The van der Waals surface area contributed by atoms with Gasteiger partial charge in [-0.3, -0.25) is 4.79 Å². The number of aliphatic hydroxyl groups is 4. The van der Waals surface area contributed by atoms with Crippen LogP contribution < -0.4 is 18.9 Å². The molecule has 2 saturated heterocycles. The monoisotopic (exact) mass is 596 g/mol. The van der Waals surface area contributed by atoms with Gasteiger partial charge in [0.25, 0.3) is 0 Å². The molecule has 0 aliphatic carbocycles. The molecule has 2 aromatic carbocycles. The Bertz CT molecular complexity index is 1200. The molecule has 14 heteroatoms. The molecule has 4 rings (SSSR count). The first-order valence-corrected chi connectivity index (χ1v) is 13.1. The van der Waals surface area contributed by atoms with E-state index in [-0.39, 0.29) is 53.3 Å². The lowest BCUT2D eigenvalue weighted by Gasteiger charge is -2.40. The minimum atomic E-state index is -1.66. The fourth-order valence-corrected chi connectivity index (χ4v) is 5.22. The largest absolute Gasteiger partial charge is 0.502 e. The number of Topliss-reactive ketones (excluding diaryl/α,β-unsaturated/α-hetero) is 1. The summed E-state index contributed by atoms with van der Waals surface area (Å²) >= 11 is 0. The number of carbonyl (C=O) groups is 1. The minimum absolute atomic E-state index is 0.0234. The van der Waals surface area contributed by atoms with E-state index in [0.29, 0.717) is 5.56 Å². The standard InChI is InChI=1S/C28H36O14/c1-36-16-5-12(6-17(37-2)22(16)31)21(30)14-10-40-27(13-7-18(38-3)23(32)19(8-13)39-4)15(14)11-41-28-26(35)25(34)24(33)20(9-29)42-28/h5-8,14-15,20,24-29,31-35H,9-11H2,1-4H3. The van der Waals surface area contributed by atoms with Crippen LogP contribution >= 0.6 is 0 Å². The Morgan fingerprint density at radius 3 is 1.86 bits per heavy atom. The molecule has 0 radical (unpaired) electrons. The molecule has 0 saturated carbocycles. The van der Waals surface area contributed by atoms with E-state index in [4.69, 9.17) is 33.2 Å². The third-order valence-corrected chi connectivity index (χ3v) is 7.59. The van der Waals surface area contributed by atoms with Gasteiger partial charge in [0.05, 0.1) is 60.3 Å². The quantitative estimate of drug-likeness (QED) is 0.191. The Hall–Kier alpha value is -3.37. The van der Waals surface area contributed by atoms with E-state index in [0.717, 1.165) is 0 Å². The van der Waals surface area contributed by atoms with Crippen LogP contribution in [0.4, 0.5) is 0 Å². The van der Waals surface area contributed by atoms with Gasteiger partial charge in [-0.1, -0.05) is 0 Å². The minimum Gasteiger partial charge on any atom is -0.502 e. The van der Waals surface area contributed by atoms with E-state index in [9.17, 15) is 35.4 Å². The van der Waals surface area contributed by atoms with Gasteiger partial charge in [-0.2, -0.15) is 0 Å². The number of ketones is 1. The highest BCUT2D eigenvalue weighted by molar-refractivity contribution is 5.99. The number of carbonyl (C=O) groups excluding carboxylic acids is 1. The van der Waals surface area contributed by atoms with Crippen molar-refractivity contribution in [3.05, 3.63) is 35.4 Å². The van der Waals surface area contributed by atoms with Gasteiger partial charge in [0, 0.05) is 11.5 Å². The Labute approximate surface area is 241 Å². The summed E-state index contributed by atoms with van der Waals surface area (Å²) in [5, 5.41) is 61.1. The number of benzene rings is 2. The van der Waals surface area contributed by atoms with E-state index >= 15 is 0 Å². The van der Waals surface area contributed by atoms with Gasteiger partial charge in [-0.05, 0) is 29.8 Å². The third kappa shape index (κ3) is 5.92. The van der Waals surface area contributed by atoms with Crippen LogP contribution in [0.25, 0.3) is 0 Å². The number of aliphatic hydroxyl groups excluding tert-OH is 4. The lowest BCUT2D eigenvalue weighted by Crippen LogP contribution is -2.59. The molecule has 0 aromatic heterocycles. The van der Waals surface area contributed by atoms with Crippen molar-refractivity contribution in [1.82, 2.24) is 0 Å². The molecule has 8 atom stereocenters. The molecular weight excluding hydrogens is 560 g/mol. The molecular formula is C28H36O14. The van der Waals surface area contributed by atoms with Crippen molar-refractivity contribution in [1.29, 1.82) is 0 Å². The molecule has 2 fully saturated rings. The lowest BCUT2D eigenvalue weighted by molar-refractivity contribution is -0.304. The summed E-state index contributed by atoms with van der Waals surface area (Å²) < 4.78 is 38.4. The van der Waals surface area contributed by atoms with Crippen molar-refractivity contribution in [2.75, 3.05) is 48.3 Å². The highest BCUT2D eigenvalue weighted by Gasteiger charge is 2.47. The summed E-state index contributed by atoms with van der Waals surface area (Å²) in [7, 11) is 5.40. The van der Waals surface area contributed by atoms with Crippen LogP contribution in [0.15, 0.2) is 24.3 Å². The van der Waals surface area contributed by atoms with Crippen LogP contribution in [0, 0.1) is 11.8 Å². The predicted molar refractivity (Wildman–Crippen MR) is 142 cm³/mol. The first-order valence-electron chi connectivity index (χ1n) is 13.1. The number of phenols is 2. The maximum absolute atomic E-state index is 13.9. The molecule has 42 heavy (non-hydrogen) atoms. The Kier molecular flexibility index (Phi) is 9.99. The zero-order valence-electron chi connectivity index (χ0n) is 23.5. The van der Waals surface area contributed by atoms with Gasteiger partial charge < -0.3 is 63.8 Å². The molecule has 232 valence electrons. The molecule has 8 unspecified atom stereocenters. The summed E-state index contributed by atoms with van der Waals surface area (Å²) in [6, 6.07) is 5.80. The van der Waals surface area contributed by atoms with Crippen molar-refractivity contribution in [3.63, 3.8) is 0 Å². The van der Waals surface area contributed by atoms with Crippen LogP contribution in [0.5, 0.6) is 34.5 Å². The van der Waals surface area contributed by atoms with Crippen LogP contribution in [-0.2, 0) is 14.2 Å². The maximum atomic E-state index is 13.9. The molecule has 2 heterocycles. The van der Waals surface area contributed by atoms with Gasteiger partial charge in [0.15, 0.2) is 35.1 Å². The second kappa shape index (κ2) is 13.3. The van der Waals surface area contributed by atoms with Crippen molar-refractivity contribution in [2.24, 2.45) is 11.8 Å². The van der Waals surface area contributed by atoms with Crippen molar-refractivity contribution in [2.45, 2.75) is 36.8 Å². The molecule has 2 aliphatic rings. The summed E-state index contributed by atoms with van der Waals surface area (Å²) in [5.74, 6) is -2.23. The summed E-state index contributed by atoms with van der Waals surface area (Å²) in [4.78, 5) is 13.9. The average molecular weight is 597 g/mol. The fourth-order valence-electron chi connectivity index (χ4n) is 5.22. The highest BCUT2D eigenvalue weighted by atomic mass is 16.7. The number of aromatic hydroxyl groups is 2. The second-order valence-electron chi connectivity index (χ2n) is 9.92. The average Bonchev–Trinajstić information content (AvgIpc) is 3.43. The smallest absolute Gasteiger partial charge is 0.200 e. The van der Waals surface area contributed by atoms with Gasteiger partial charge in [0.2, 0.25) is 11.5 Å². The van der Waals surface area contributed by atoms with Crippen molar-refractivity contribution in [3.8, 4) is 34.5 Å². The van der Waals surface area contributed by atoms with Crippen LogP contribution in [0.2, 0.25) is 0 Å². The molecule has 0 amide bonds. The number of methoxy groups -OCH3 is 4. The number of hydrogen-bond donors (Lipinski definition) is 6. The normalized spacial score (nSPS) is 29.2. The Morgan fingerprint density at radius 2 is 1.36 bits per heavy atom. The van der Waals surface area contributed by atoms with Gasteiger partial charge in [-0.15, -0.1) is 0 Å². The number of phenolic OH excluding ortho intramolecular Hbond substituents is 2. The maximum Gasteiger partial charge on any atom is 0.200 e. The molecule has 2 aromatic rings. The summed E-state index contributed by atoms with van der Waals surface area (Å²) in [5.41, 5.74) is 0.648. The van der Waals surface area contributed by atoms with Gasteiger partial charge >= 0.3 is 0 Å². The van der Waals surface area contributed by atoms with E-state index in [1.165, 1.54) is 52.7 Å². The third-order valence-electron chi connectivity index (χ3n) is 7.59. The highest BCUT2D eigenvalue weighted by Crippen LogP contribution is 2.46. The van der Waals surface area contributed by atoms with Gasteiger partial charge in [0.1, 0.15) is 24.4 Å². The summed E-state index contributed by atoms with van der Waals surface area (Å²) in [6.07, 6.45) is -8.33. The van der Waals surface area contributed by atoms with E-state index in [2.05, 4.69) is 0 Å². The van der Waals surface area contributed by atoms with Crippen LogP contribution in [-0.4, -0.2) is 115 Å². The second-order valence-corrected chi connectivity index (χ2v) is 9.92. The van der Waals surface area contributed by atoms with E-state index < -0.39 is 61.0 Å². The molecule has 0 spiro atoms. The topological polar surface area (TPSA) is 203 Å². The van der Waals surface area contributed by atoms with E-state index in [1.54, 1.807) is 0 Å². The number of ether oxygens (including phenoxy) is 7. The zero-order valence-corrected chi connectivity index (χ0v) is 23.5. The van der Waals surface area contributed by atoms with Crippen LogP contribution in [0.3, 0.4) is 0 Å².